The Balaban J connectivity index is 2.10. The molecule has 128 valence electrons. The second-order valence-electron chi connectivity index (χ2n) is 5.52. The summed E-state index contributed by atoms with van der Waals surface area (Å²) in [6, 6.07) is 2.26. The first kappa shape index (κ1) is 17.8. The van der Waals surface area contributed by atoms with E-state index in [-0.39, 0.29) is 25.7 Å². The number of sulfonamides is 1. The van der Waals surface area contributed by atoms with E-state index in [0.717, 1.165) is 16.4 Å². The average Bonchev–Trinajstić information content (AvgIpc) is 2.49. The van der Waals surface area contributed by atoms with Crippen molar-refractivity contribution in [2.45, 2.75) is 23.8 Å². The highest BCUT2D eigenvalue weighted by Gasteiger charge is 2.33. The fourth-order valence-corrected chi connectivity index (χ4v) is 4.23. The summed E-state index contributed by atoms with van der Waals surface area (Å²) in [5, 5.41) is 8.78. The summed E-state index contributed by atoms with van der Waals surface area (Å²) in [6.45, 7) is 0.135. The van der Waals surface area contributed by atoms with Crippen LogP contribution in [0.5, 0.6) is 0 Å². The van der Waals surface area contributed by atoms with E-state index in [1.165, 1.54) is 0 Å². The molecule has 1 heterocycles. The van der Waals surface area contributed by atoms with Crippen molar-refractivity contribution < 1.29 is 27.1 Å². The molecule has 0 unspecified atom stereocenters. The topological polar surface area (TPSA) is 77.9 Å². The van der Waals surface area contributed by atoms with Gasteiger partial charge in [0.1, 0.15) is 16.5 Å². The van der Waals surface area contributed by atoms with Gasteiger partial charge in [0.25, 0.3) is 0 Å². The van der Waals surface area contributed by atoms with Gasteiger partial charge in [-0.2, -0.15) is 4.31 Å². The summed E-state index contributed by atoms with van der Waals surface area (Å²) >= 11 is 0. The van der Waals surface area contributed by atoms with Gasteiger partial charge in [-0.05, 0) is 38.1 Å². The first-order valence-electron chi connectivity index (χ1n) is 7.09. The molecule has 0 saturated carbocycles. The number of carboxylic acids is 1. The quantitative estimate of drug-likeness (QED) is 0.863. The third-order valence-corrected chi connectivity index (χ3v) is 5.86. The lowest BCUT2D eigenvalue weighted by molar-refractivity contribution is -0.138. The number of carbonyl (C=O) groups is 1. The van der Waals surface area contributed by atoms with Crippen molar-refractivity contribution >= 4 is 16.0 Å². The van der Waals surface area contributed by atoms with Gasteiger partial charge in [0.15, 0.2) is 0 Å². The molecule has 0 aromatic heterocycles. The van der Waals surface area contributed by atoms with Gasteiger partial charge in [-0.3, -0.25) is 9.69 Å². The third-order valence-electron chi connectivity index (χ3n) is 3.94. The maximum atomic E-state index is 13.7. The SMILES string of the molecule is CN(CC(=O)O)C1CCN(S(=O)(=O)c2cc(F)ccc2F)CC1. The fourth-order valence-electron chi connectivity index (χ4n) is 2.68. The second kappa shape index (κ2) is 6.90. The molecule has 0 radical (unpaired) electrons. The van der Waals surface area contributed by atoms with Crippen molar-refractivity contribution in [3.05, 3.63) is 29.8 Å². The fraction of sp³-hybridized carbons (Fsp3) is 0.500. The number of hydrogen-bond donors (Lipinski definition) is 1. The molecule has 0 spiro atoms. The van der Waals surface area contributed by atoms with Crippen LogP contribution < -0.4 is 0 Å². The number of rotatable bonds is 5. The zero-order valence-electron chi connectivity index (χ0n) is 12.6. The van der Waals surface area contributed by atoms with E-state index in [0.29, 0.717) is 18.9 Å². The molecule has 0 amide bonds. The molecule has 1 aromatic carbocycles. The smallest absolute Gasteiger partial charge is 0.317 e. The number of piperidine rings is 1. The standard InChI is InChI=1S/C14H18F2N2O4S/c1-17(9-14(19)20)11-4-6-18(7-5-11)23(21,22)13-8-10(15)2-3-12(13)16/h2-3,8,11H,4-7,9H2,1H3,(H,19,20). The molecule has 0 bridgehead atoms. The molecule has 2 rings (SSSR count). The van der Waals surface area contributed by atoms with Crippen molar-refractivity contribution in [1.82, 2.24) is 9.21 Å². The summed E-state index contributed by atoms with van der Waals surface area (Å²) in [7, 11) is -2.44. The minimum Gasteiger partial charge on any atom is -0.480 e. The lowest BCUT2D eigenvalue weighted by Gasteiger charge is -2.35. The van der Waals surface area contributed by atoms with Crippen LogP contribution in [0.15, 0.2) is 23.1 Å². The third kappa shape index (κ3) is 4.04. The first-order chi connectivity index (χ1) is 10.7. The Morgan fingerprint density at radius 1 is 1.35 bits per heavy atom. The summed E-state index contributed by atoms with van der Waals surface area (Å²) < 4.78 is 52.9. The molecule has 1 aromatic rings. The van der Waals surface area contributed by atoms with Gasteiger partial charge in [0.05, 0.1) is 6.54 Å². The Morgan fingerprint density at radius 2 is 1.96 bits per heavy atom. The van der Waals surface area contributed by atoms with E-state index in [1.807, 2.05) is 0 Å². The molecule has 1 aliphatic heterocycles. The van der Waals surface area contributed by atoms with Crippen LogP contribution in [0.25, 0.3) is 0 Å². The zero-order chi connectivity index (χ0) is 17.2. The Hall–Kier alpha value is -1.58. The highest BCUT2D eigenvalue weighted by atomic mass is 32.2. The molecule has 9 heteroatoms. The molecule has 0 aliphatic carbocycles. The van der Waals surface area contributed by atoms with Gasteiger partial charge in [0.2, 0.25) is 10.0 Å². The van der Waals surface area contributed by atoms with E-state index in [1.54, 1.807) is 11.9 Å². The molecule has 1 saturated heterocycles. The van der Waals surface area contributed by atoms with Crippen molar-refractivity contribution in [3.8, 4) is 0 Å². The van der Waals surface area contributed by atoms with Crippen LogP contribution >= 0.6 is 0 Å². The Kier molecular flexibility index (Phi) is 5.33. The number of likely N-dealkylation sites (N-methyl/N-ethyl adjacent to an activating group) is 1. The normalized spacial score (nSPS) is 17.6. The maximum Gasteiger partial charge on any atom is 0.317 e. The Morgan fingerprint density at radius 3 is 2.52 bits per heavy atom. The molecular weight excluding hydrogens is 330 g/mol. The number of carboxylic acid groups (broad SMARTS) is 1. The number of hydrogen-bond acceptors (Lipinski definition) is 4. The van der Waals surface area contributed by atoms with Gasteiger partial charge >= 0.3 is 5.97 Å². The van der Waals surface area contributed by atoms with Crippen molar-refractivity contribution in [3.63, 3.8) is 0 Å². The highest BCUT2D eigenvalue weighted by molar-refractivity contribution is 7.89. The number of benzene rings is 1. The number of aliphatic carboxylic acids is 1. The van der Waals surface area contributed by atoms with Gasteiger partial charge in [-0.15, -0.1) is 0 Å². The van der Waals surface area contributed by atoms with Crippen LogP contribution in [0.4, 0.5) is 8.78 Å². The molecule has 1 aliphatic rings. The van der Waals surface area contributed by atoms with Crippen LogP contribution in [0.1, 0.15) is 12.8 Å². The van der Waals surface area contributed by atoms with Gasteiger partial charge in [-0.1, -0.05) is 0 Å². The van der Waals surface area contributed by atoms with Crippen LogP contribution in [0.3, 0.4) is 0 Å². The minimum absolute atomic E-state index is 0.0603. The lowest BCUT2D eigenvalue weighted by atomic mass is 10.1. The van der Waals surface area contributed by atoms with E-state index >= 15 is 0 Å². The predicted molar refractivity (Wildman–Crippen MR) is 78.4 cm³/mol. The summed E-state index contributed by atoms with van der Waals surface area (Å²) in [5.74, 6) is -2.76. The molecule has 0 atom stereocenters. The molecular formula is C14H18F2N2O4S. The average molecular weight is 348 g/mol. The predicted octanol–water partition coefficient (Wildman–Crippen LogP) is 1.13. The summed E-state index contributed by atoms with van der Waals surface area (Å²) in [5.41, 5.74) is 0. The molecule has 23 heavy (non-hydrogen) atoms. The Labute approximate surface area is 133 Å². The highest BCUT2D eigenvalue weighted by Crippen LogP contribution is 2.25. The van der Waals surface area contributed by atoms with Gasteiger partial charge < -0.3 is 5.11 Å². The monoisotopic (exact) mass is 348 g/mol. The van der Waals surface area contributed by atoms with E-state index < -0.39 is 32.5 Å². The van der Waals surface area contributed by atoms with Crippen LogP contribution in [-0.4, -0.2) is 61.4 Å². The van der Waals surface area contributed by atoms with Crippen LogP contribution in [0.2, 0.25) is 0 Å². The first-order valence-corrected chi connectivity index (χ1v) is 8.53. The van der Waals surface area contributed by atoms with Crippen LogP contribution in [-0.2, 0) is 14.8 Å². The van der Waals surface area contributed by atoms with E-state index in [4.69, 9.17) is 5.11 Å². The van der Waals surface area contributed by atoms with Crippen LogP contribution in [0, 0.1) is 11.6 Å². The van der Waals surface area contributed by atoms with Gasteiger partial charge in [-0.25, -0.2) is 17.2 Å². The van der Waals surface area contributed by atoms with E-state index in [2.05, 4.69) is 0 Å². The number of halogens is 2. The largest absolute Gasteiger partial charge is 0.480 e. The maximum absolute atomic E-state index is 13.7. The minimum atomic E-state index is -4.10. The molecule has 1 fully saturated rings. The van der Waals surface area contributed by atoms with Crippen molar-refractivity contribution in [1.29, 1.82) is 0 Å². The summed E-state index contributed by atoms with van der Waals surface area (Å²) in [6.07, 6.45) is 0.861. The van der Waals surface area contributed by atoms with E-state index in [9.17, 15) is 22.0 Å². The molecule has 1 N–H and O–H groups in total. The lowest BCUT2D eigenvalue weighted by Crippen LogP contribution is -2.46. The van der Waals surface area contributed by atoms with Crippen molar-refractivity contribution in [2.24, 2.45) is 0 Å². The number of nitrogens with zero attached hydrogens (tertiary/aromatic N) is 2. The summed E-state index contributed by atoms with van der Waals surface area (Å²) in [4.78, 5) is 11.7. The second-order valence-corrected chi connectivity index (χ2v) is 7.43. The van der Waals surface area contributed by atoms with Gasteiger partial charge in [0, 0.05) is 19.1 Å². The van der Waals surface area contributed by atoms with Crippen molar-refractivity contribution in [2.75, 3.05) is 26.7 Å². The molecule has 6 nitrogen and oxygen atoms in total. The zero-order valence-corrected chi connectivity index (χ0v) is 13.4. The Bertz CT molecular complexity index is 688.